The Morgan fingerprint density at radius 3 is 2.90 bits per heavy atom. The van der Waals surface area contributed by atoms with Gasteiger partial charge in [-0.25, -0.2) is 9.97 Å². The van der Waals surface area contributed by atoms with E-state index < -0.39 is 0 Å². The van der Waals surface area contributed by atoms with Gasteiger partial charge < -0.3 is 0 Å². The molecule has 0 N–H and O–H groups in total. The fourth-order valence-electron chi connectivity index (χ4n) is 1.83. The van der Waals surface area contributed by atoms with E-state index in [1.165, 1.54) is 5.56 Å². The zero-order valence-corrected chi connectivity index (χ0v) is 11.6. The second-order valence-electron chi connectivity index (χ2n) is 4.34. The lowest BCUT2D eigenvalue weighted by atomic mass is 10.1. The summed E-state index contributed by atoms with van der Waals surface area (Å²) in [6, 6.07) is 5.94. The maximum absolute atomic E-state index is 4.46. The van der Waals surface area contributed by atoms with Crippen LogP contribution in [0.2, 0.25) is 0 Å². The van der Waals surface area contributed by atoms with E-state index in [0.29, 0.717) is 0 Å². The van der Waals surface area contributed by atoms with Crippen LogP contribution in [0.25, 0.3) is 5.57 Å². The van der Waals surface area contributed by atoms with Crippen LogP contribution in [0.1, 0.15) is 24.6 Å². The third kappa shape index (κ3) is 4.39. The molecule has 0 atom stereocenters. The summed E-state index contributed by atoms with van der Waals surface area (Å²) in [4.78, 5) is 16.7. The van der Waals surface area contributed by atoms with Gasteiger partial charge in [-0.1, -0.05) is 12.1 Å². The van der Waals surface area contributed by atoms with E-state index in [2.05, 4.69) is 26.0 Å². The van der Waals surface area contributed by atoms with Crippen molar-refractivity contribution in [2.45, 2.75) is 19.8 Å². The van der Waals surface area contributed by atoms with Gasteiger partial charge in [-0.3, -0.25) is 9.98 Å². The maximum Gasteiger partial charge on any atom is 0.116 e. The van der Waals surface area contributed by atoms with Gasteiger partial charge >= 0.3 is 0 Å². The van der Waals surface area contributed by atoms with Crippen molar-refractivity contribution >= 4 is 11.8 Å². The van der Waals surface area contributed by atoms with Crippen molar-refractivity contribution in [3.05, 3.63) is 60.5 Å². The molecule has 102 valence electrons. The molecule has 0 unspecified atom stereocenters. The highest BCUT2D eigenvalue weighted by Crippen LogP contribution is 2.07. The highest BCUT2D eigenvalue weighted by Gasteiger charge is 1.97. The average Bonchev–Trinajstić information content (AvgIpc) is 2.53. The number of aliphatic imine (C=N–C) groups is 1. The number of nitrogens with zero attached hydrogens (tertiary/aromatic N) is 4. The van der Waals surface area contributed by atoms with Crippen molar-refractivity contribution in [2.75, 3.05) is 6.54 Å². The summed E-state index contributed by atoms with van der Waals surface area (Å²) in [6.07, 6.45) is 12.9. The molecule has 0 spiro atoms. The number of allylic oxidation sites excluding steroid dienone is 2. The van der Waals surface area contributed by atoms with E-state index >= 15 is 0 Å². The molecule has 2 aromatic rings. The first-order valence-electron chi connectivity index (χ1n) is 6.71. The highest BCUT2D eigenvalue weighted by molar-refractivity contribution is 6.08. The van der Waals surface area contributed by atoms with E-state index in [9.17, 15) is 0 Å². The van der Waals surface area contributed by atoms with E-state index in [-0.39, 0.29) is 0 Å². The Bertz CT molecular complexity index is 562. The fourth-order valence-corrected chi connectivity index (χ4v) is 1.83. The molecule has 4 nitrogen and oxygen atoms in total. The largest absolute Gasteiger partial charge is 0.292 e. The molecule has 0 bridgehead atoms. The van der Waals surface area contributed by atoms with Gasteiger partial charge in [-0.05, 0) is 37.5 Å². The van der Waals surface area contributed by atoms with Crippen LogP contribution in [-0.2, 0) is 6.42 Å². The van der Waals surface area contributed by atoms with Crippen LogP contribution in [0.15, 0.2) is 54.2 Å². The summed E-state index contributed by atoms with van der Waals surface area (Å²) in [6.45, 7) is 2.79. The molecule has 0 aliphatic rings. The van der Waals surface area contributed by atoms with Gasteiger partial charge in [0.1, 0.15) is 6.33 Å². The minimum atomic E-state index is 0.803. The van der Waals surface area contributed by atoms with Crippen LogP contribution in [0, 0.1) is 0 Å². The molecule has 0 amide bonds. The Balaban J connectivity index is 1.81. The molecular weight excluding hydrogens is 248 g/mol. The first kappa shape index (κ1) is 14.1. The maximum atomic E-state index is 4.46. The van der Waals surface area contributed by atoms with Crippen LogP contribution >= 0.6 is 0 Å². The number of pyridine rings is 1. The lowest BCUT2D eigenvalue weighted by Crippen LogP contribution is -1.93. The zero-order valence-electron chi connectivity index (χ0n) is 11.6. The highest BCUT2D eigenvalue weighted by atomic mass is 14.8. The zero-order chi connectivity index (χ0) is 14.0. The smallest absolute Gasteiger partial charge is 0.116 e. The average molecular weight is 266 g/mol. The molecule has 0 fully saturated rings. The predicted octanol–water partition coefficient (Wildman–Crippen LogP) is 2.98. The minimum absolute atomic E-state index is 0.803. The molecule has 2 rings (SSSR count). The Morgan fingerprint density at radius 2 is 2.20 bits per heavy atom. The van der Waals surface area contributed by atoms with Gasteiger partial charge in [-0.2, -0.15) is 0 Å². The first-order valence-corrected chi connectivity index (χ1v) is 6.71. The standard InChI is InChI=1S/C16H18N4/c1-2-15(16-7-10-19-13-20-16)12-18-9-4-6-14-5-3-8-17-11-14/h2-3,5,7-8,10-13H,4,6,9H2,1H3/b15-2+,18-12?. The van der Waals surface area contributed by atoms with Crippen LogP contribution in [0.5, 0.6) is 0 Å². The molecule has 0 aromatic carbocycles. The Hall–Kier alpha value is -2.36. The first-order chi connectivity index (χ1) is 9.90. The minimum Gasteiger partial charge on any atom is -0.292 e. The molecule has 0 aliphatic heterocycles. The summed E-state index contributed by atoms with van der Waals surface area (Å²) < 4.78 is 0. The molecule has 2 aromatic heterocycles. The third-order valence-electron chi connectivity index (χ3n) is 2.89. The second kappa shape index (κ2) is 7.94. The van der Waals surface area contributed by atoms with Crippen molar-refractivity contribution < 1.29 is 0 Å². The molecule has 20 heavy (non-hydrogen) atoms. The molecule has 0 saturated carbocycles. The predicted molar refractivity (Wildman–Crippen MR) is 81.6 cm³/mol. The van der Waals surface area contributed by atoms with Gasteiger partial charge in [-0.15, -0.1) is 0 Å². The molecule has 0 radical (unpaired) electrons. The summed E-state index contributed by atoms with van der Waals surface area (Å²) >= 11 is 0. The number of hydrogen-bond donors (Lipinski definition) is 0. The van der Waals surface area contributed by atoms with Crippen molar-refractivity contribution in [1.82, 2.24) is 15.0 Å². The van der Waals surface area contributed by atoms with Gasteiger partial charge in [0.15, 0.2) is 0 Å². The topological polar surface area (TPSA) is 51.0 Å². The monoisotopic (exact) mass is 266 g/mol. The van der Waals surface area contributed by atoms with Crippen molar-refractivity contribution in [3.63, 3.8) is 0 Å². The van der Waals surface area contributed by atoms with Crippen LogP contribution < -0.4 is 0 Å². The van der Waals surface area contributed by atoms with E-state index in [0.717, 1.165) is 30.7 Å². The Morgan fingerprint density at radius 1 is 1.25 bits per heavy atom. The lowest BCUT2D eigenvalue weighted by molar-refractivity contribution is 0.832. The Kier molecular flexibility index (Phi) is 5.58. The molecule has 0 saturated heterocycles. The summed E-state index contributed by atoms with van der Waals surface area (Å²) in [5.41, 5.74) is 3.18. The van der Waals surface area contributed by atoms with E-state index in [1.54, 1.807) is 18.7 Å². The number of rotatable bonds is 6. The molecule has 0 aliphatic carbocycles. The van der Waals surface area contributed by atoms with Crippen LogP contribution in [0.3, 0.4) is 0 Å². The lowest BCUT2D eigenvalue weighted by Gasteiger charge is -2.00. The van der Waals surface area contributed by atoms with E-state index in [1.807, 2.05) is 37.5 Å². The van der Waals surface area contributed by atoms with Gasteiger partial charge in [0.05, 0.1) is 5.69 Å². The molecule has 2 heterocycles. The van der Waals surface area contributed by atoms with E-state index in [4.69, 9.17) is 0 Å². The Labute approximate surface area is 119 Å². The van der Waals surface area contributed by atoms with Crippen molar-refractivity contribution in [3.8, 4) is 0 Å². The number of hydrogen-bond acceptors (Lipinski definition) is 4. The summed E-state index contributed by atoms with van der Waals surface area (Å²) in [5.74, 6) is 0. The number of aryl methyl sites for hydroxylation is 1. The number of aromatic nitrogens is 3. The summed E-state index contributed by atoms with van der Waals surface area (Å²) in [5, 5.41) is 0. The normalized spacial score (nSPS) is 11.9. The van der Waals surface area contributed by atoms with Gasteiger partial charge in [0.2, 0.25) is 0 Å². The molecular formula is C16H18N4. The van der Waals surface area contributed by atoms with Crippen LogP contribution in [0.4, 0.5) is 0 Å². The quantitative estimate of drug-likeness (QED) is 0.596. The van der Waals surface area contributed by atoms with Gasteiger partial charge in [0.25, 0.3) is 0 Å². The fraction of sp³-hybridized carbons (Fsp3) is 0.250. The SMILES string of the molecule is C/C=C(\C=NCCCc1cccnc1)c1ccncn1. The van der Waals surface area contributed by atoms with Gasteiger partial charge in [0, 0.05) is 36.9 Å². The molecule has 4 heteroatoms. The summed E-state index contributed by atoms with van der Waals surface area (Å²) in [7, 11) is 0. The van der Waals surface area contributed by atoms with Crippen LogP contribution in [-0.4, -0.2) is 27.7 Å². The van der Waals surface area contributed by atoms with Crippen molar-refractivity contribution in [1.29, 1.82) is 0 Å². The third-order valence-corrected chi connectivity index (χ3v) is 2.89. The second-order valence-corrected chi connectivity index (χ2v) is 4.34. The van der Waals surface area contributed by atoms with Crippen molar-refractivity contribution in [2.24, 2.45) is 4.99 Å².